The Kier molecular flexibility index (Phi) is 3.82. The molecule has 0 bridgehead atoms. The summed E-state index contributed by atoms with van der Waals surface area (Å²) in [6, 6.07) is 13.5. The highest BCUT2D eigenvalue weighted by molar-refractivity contribution is 5.60. The van der Waals surface area contributed by atoms with Crippen LogP contribution in [0.3, 0.4) is 0 Å². The molecule has 1 aromatic carbocycles. The number of aromatic nitrogens is 1. The van der Waals surface area contributed by atoms with Gasteiger partial charge in [0.2, 0.25) is 0 Å². The van der Waals surface area contributed by atoms with Gasteiger partial charge in [0.15, 0.2) is 0 Å². The van der Waals surface area contributed by atoms with Crippen molar-refractivity contribution in [2.45, 2.75) is 26.8 Å². The van der Waals surface area contributed by atoms with E-state index >= 15 is 0 Å². The van der Waals surface area contributed by atoms with Crippen molar-refractivity contribution < 1.29 is 0 Å². The average Bonchev–Trinajstić information content (AvgIpc) is 2.47. The molecule has 0 fully saturated rings. The zero-order valence-electron chi connectivity index (χ0n) is 11.2. The number of nitrogens with zero attached hydrogens (tertiary/aromatic N) is 2. The van der Waals surface area contributed by atoms with E-state index < -0.39 is 0 Å². The molecule has 1 heterocycles. The molecule has 0 saturated heterocycles. The molecule has 0 N–H and O–H groups in total. The number of rotatable bonds is 3. The molecule has 19 heavy (non-hydrogen) atoms. The van der Waals surface area contributed by atoms with Crippen LogP contribution in [-0.2, 0) is 13.0 Å². The van der Waals surface area contributed by atoms with Crippen LogP contribution < -0.4 is 5.56 Å². The number of hydrogen-bond donors (Lipinski definition) is 0. The van der Waals surface area contributed by atoms with Gasteiger partial charge in [0, 0.05) is 6.54 Å². The summed E-state index contributed by atoms with van der Waals surface area (Å²) in [6.07, 6.45) is 0.994. The fourth-order valence-electron chi connectivity index (χ4n) is 2.14. The monoisotopic (exact) mass is 252 g/mol. The van der Waals surface area contributed by atoms with Crippen molar-refractivity contribution in [2.24, 2.45) is 0 Å². The number of benzene rings is 1. The van der Waals surface area contributed by atoms with Gasteiger partial charge in [0.25, 0.3) is 5.56 Å². The number of nitriles is 1. The summed E-state index contributed by atoms with van der Waals surface area (Å²) in [5.41, 5.74) is 3.09. The van der Waals surface area contributed by atoms with Crippen molar-refractivity contribution in [3.8, 4) is 17.3 Å². The molecule has 0 unspecified atom stereocenters. The smallest absolute Gasteiger partial charge is 0.268 e. The summed E-state index contributed by atoms with van der Waals surface area (Å²) in [5, 5.41) is 8.90. The van der Waals surface area contributed by atoms with Gasteiger partial charge in [-0.15, -0.1) is 0 Å². The topological polar surface area (TPSA) is 45.8 Å². The minimum atomic E-state index is -0.220. The minimum absolute atomic E-state index is 0.191. The second-order valence-corrected chi connectivity index (χ2v) is 4.34. The van der Waals surface area contributed by atoms with Crippen LogP contribution in [-0.4, -0.2) is 4.57 Å². The van der Waals surface area contributed by atoms with Crippen LogP contribution in [0.2, 0.25) is 0 Å². The van der Waals surface area contributed by atoms with Crippen LogP contribution in [0.1, 0.15) is 25.0 Å². The predicted octanol–water partition coefficient (Wildman–Crippen LogP) is 2.97. The SMILES string of the molecule is CCc1ccc(-c2ccc(C#N)c(=O)n2CC)cc1. The third-order valence-corrected chi connectivity index (χ3v) is 3.27. The van der Waals surface area contributed by atoms with Crippen LogP contribution in [0.25, 0.3) is 11.3 Å². The van der Waals surface area contributed by atoms with E-state index in [0.717, 1.165) is 17.7 Å². The molecule has 2 rings (SSSR count). The second-order valence-electron chi connectivity index (χ2n) is 4.34. The molecule has 0 amide bonds. The van der Waals surface area contributed by atoms with E-state index in [1.165, 1.54) is 5.56 Å². The van der Waals surface area contributed by atoms with Gasteiger partial charge in [0.05, 0.1) is 5.69 Å². The van der Waals surface area contributed by atoms with E-state index in [1.807, 2.05) is 31.2 Å². The van der Waals surface area contributed by atoms with Gasteiger partial charge in [-0.2, -0.15) is 5.26 Å². The summed E-state index contributed by atoms with van der Waals surface area (Å²) in [6.45, 7) is 4.57. The number of hydrogen-bond acceptors (Lipinski definition) is 2. The van der Waals surface area contributed by atoms with E-state index in [2.05, 4.69) is 19.1 Å². The summed E-state index contributed by atoms with van der Waals surface area (Å²) in [4.78, 5) is 12.1. The highest BCUT2D eigenvalue weighted by Crippen LogP contribution is 2.19. The van der Waals surface area contributed by atoms with Gasteiger partial charge in [-0.05, 0) is 36.6 Å². The van der Waals surface area contributed by atoms with E-state index in [-0.39, 0.29) is 11.1 Å². The number of aryl methyl sites for hydroxylation is 1. The second kappa shape index (κ2) is 5.53. The molecular weight excluding hydrogens is 236 g/mol. The first-order valence-corrected chi connectivity index (χ1v) is 6.44. The standard InChI is InChI=1S/C16H16N2O/c1-3-12-5-7-13(8-6-12)15-10-9-14(11-17)16(19)18(15)4-2/h5-10H,3-4H2,1-2H3. The molecule has 0 aliphatic heterocycles. The van der Waals surface area contributed by atoms with Gasteiger partial charge in [-0.25, -0.2) is 0 Å². The van der Waals surface area contributed by atoms with Crippen molar-refractivity contribution >= 4 is 0 Å². The summed E-state index contributed by atoms with van der Waals surface area (Å²) < 4.78 is 1.64. The zero-order valence-corrected chi connectivity index (χ0v) is 11.2. The van der Waals surface area contributed by atoms with Crippen molar-refractivity contribution in [1.29, 1.82) is 5.26 Å². The first-order valence-electron chi connectivity index (χ1n) is 6.44. The Labute approximate surface area is 112 Å². The third kappa shape index (κ3) is 2.43. The van der Waals surface area contributed by atoms with E-state index in [1.54, 1.807) is 10.6 Å². The molecule has 3 nitrogen and oxygen atoms in total. The Morgan fingerprint density at radius 2 is 1.79 bits per heavy atom. The molecule has 0 saturated carbocycles. The van der Waals surface area contributed by atoms with Crippen LogP contribution >= 0.6 is 0 Å². The first-order chi connectivity index (χ1) is 9.21. The molecule has 2 aromatic rings. The van der Waals surface area contributed by atoms with E-state index in [0.29, 0.717) is 6.54 Å². The molecule has 0 atom stereocenters. The fraction of sp³-hybridized carbons (Fsp3) is 0.250. The van der Waals surface area contributed by atoms with Gasteiger partial charge < -0.3 is 4.57 Å². The molecule has 0 radical (unpaired) electrons. The van der Waals surface area contributed by atoms with Crippen molar-refractivity contribution in [3.05, 3.63) is 57.9 Å². The minimum Gasteiger partial charge on any atom is -0.307 e. The molecule has 0 aliphatic carbocycles. The normalized spacial score (nSPS) is 10.2. The van der Waals surface area contributed by atoms with Crippen LogP contribution in [0.4, 0.5) is 0 Å². The Balaban J connectivity index is 2.59. The Bertz CT molecular complexity index is 675. The maximum absolute atomic E-state index is 12.1. The lowest BCUT2D eigenvalue weighted by Crippen LogP contribution is -2.23. The Hall–Kier alpha value is -2.34. The highest BCUT2D eigenvalue weighted by atomic mass is 16.1. The number of pyridine rings is 1. The highest BCUT2D eigenvalue weighted by Gasteiger charge is 2.08. The van der Waals surface area contributed by atoms with Crippen molar-refractivity contribution in [1.82, 2.24) is 4.57 Å². The molecule has 0 aliphatic rings. The van der Waals surface area contributed by atoms with Crippen LogP contribution in [0.5, 0.6) is 0 Å². The Morgan fingerprint density at radius 1 is 1.11 bits per heavy atom. The van der Waals surface area contributed by atoms with Crippen molar-refractivity contribution in [3.63, 3.8) is 0 Å². The maximum Gasteiger partial charge on any atom is 0.268 e. The summed E-state index contributed by atoms with van der Waals surface area (Å²) >= 11 is 0. The fourth-order valence-corrected chi connectivity index (χ4v) is 2.14. The lowest BCUT2D eigenvalue weighted by molar-refractivity contribution is 0.733. The lowest BCUT2D eigenvalue weighted by atomic mass is 10.1. The Morgan fingerprint density at radius 3 is 2.32 bits per heavy atom. The predicted molar refractivity (Wildman–Crippen MR) is 75.9 cm³/mol. The maximum atomic E-state index is 12.1. The van der Waals surface area contributed by atoms with E-state index in [9.17, 15) is 4.79 Å². The quantitative estimate of drug-likeness (QED) is 0.843. The third-order valence-electron chi connectivity index (χ3n) is 3.27. The average molecular weight is 252 g/mol. The van der Waals surface area contributed by atoms with Gasteiger partial charge >= 0.3 is 0 Å². The van der Waals surface area contributed by atoms with Crippen LogP contribution in [0, 0.1) is 11.3 Å². The molecule has 0 spiro atoms. The summed E-state index contributed by atoms with van der Waals surface area (Å²) in [5.74, 6) is 0. The van der Waals surface area contributed by atoms with E-state index in [4.69, 9.17) is 5.26 Å². The van der Waals surface area contributed by atoms with Gasteiger partial charge in [-0.1, -0.05) is 31.2 Å². The molecule has 96 valence electrons. The zero-order chi connectivity index (χ0) is 13.8. The lowest BCUT2D eigenvalue weighted by Gasteiger charge is -2.11. The van der Waals surface area contributed by atoms with Gasteiger partial charge in [-0.3, -0.25) is 4.79 Å². The molecule has 1 aromatic heterocycles. The van der Waals surface area contributed by atoms with Crippen LogP contribution in [0.15, 0.2) is 41.2 Å². The molecule has 3 heteroatoms. The summed E-state index contributed by atoms with van der Waals surface area (Å²) in [7, 11) is 0. The molecular formula is C16H16N2O. The largest absolute Gasteiger partial charge is 0.307 e. The van der Waals surface area contributed by atoms with Crippen molar-refractivity contribution in [2.75, 3.05) is 0 Å². The first kappa shape index (κ1) is 13.1. The van der Waals surface area contributed by atoms with Gasteiger partial charge in [0.1, 0.15) is 11.6 Å².